The van der Waals surface area contributed by atoms with Crippen LogP contribution in [0.2, 0.25) is 0 Å². The van der Waals surface area contributed by atoms with Gasteiger partial charge in [0.15, 0.2) is 11.5 Å². The summed E-state index contributed by atoms with van der Waals surface area (Å²) in [4.78, 5) is 21.7. The smallest absolute Gasteiger partial charge is 0.263 e. The zero-order chi connectivity index (χ0) is 19.2. The van der Waals surface area contributed by atoms with Crippen LogP contribution in [-0.2, 0) is 6.54 Å². The van der Waals surface area contributed by atoms with E-state index in [0.717, 1.165) is 29.2 Å². The summed E-state index contributed by atoms with van der Waals surface area (Å²) < 4.78 is 12.6. The van der Waals surface area contributed by atoms with E-state index in [1.54, 1.807) is 26.7 Å². The first-order chi connectivity index (χ1) is 13.1. The van der Waals surface area contributed by atoms with Gasteiger partial charge in [0, 0.05) is 31.0 Å². The second-order valence-electron chi connectivity index (χ2n) is 5.91. The van der Waals surface area contributed by atoms with Gasteiger partial charge < -0.3 is 19.4 Å². The third kappa shape index (κ3) is 4.46. The van der Waals surface area contributed by atoms with Gasteiger partial charge in [0.1, 0.15) is 9.88 Å². The molecule has 0 spiro atoms. The van der Waals surface area contributed by atoms with Gasteiger partial charge in [-0.3, -0.25) is 4.79 Å². The molecule has 0 aliphatic carbocycles. The Morgan fingerprint density at radius 3 is 2.78 bits per heavy atom. The Hall–Kier alpha value is -2.87. The van der Waals surface area contributed by atoms with Crippen molar-refractivity contribution in [2.75, 3.05) is 20.8 Å². The van der Waals surface area contributed by atoms with Gasteiger partial charge in [-0.2, -0.15) is 0 Å². The number of hydrogen-bond donors (Lipinski definition) is 1. The summed E-state index contributed by atoms with van der Waals surface area (Å²) in [5.41, 5.74) is 1.61. The van der Waals surface area contributed by atoms with Crippen LogP contribution in [0.5, 0.6) is 11.5 Å². The number of amides is 1. The van der Waals surface area contributed by atoms with Crippen LogP contribution >= 0.6 is 11.3 Å². The van der Waals surface area contributed by atoms with Crippen molar-refractivity contribution >= 4 is 17.2 Å². The molecule has 7 nitrogen and oxygen atoms in total. The van der Waals surface area contributed by atoms with Crippen molar-refractivity contribution in [2.24, 2.45) is 0 Å². The number of rotatable bonds is 8. The van der Waals surface area contributed by atoms with Crippen molar-refractivity contribution in [2.45, 2.75) is 19.9 Å². The van der Waals surface area contributed by atoms with Crippen molar-refractivity contribution in [1.82, 2.24) is 19.9 Å². The highest BCUT2D eigenvalue weighted by Crippen LogP contribution is 2.34. The van der Waals surface area contributed by atoms with Crippen molar-refractivity contribution in [3.8, 4) is 22.1 Å². The third-order valence-corrected chi connectivity index (χ3v) is 5.28. The summed E-state index contributed by atoms with van der Waals surface area (Å²) >= 11 is 1.37. The molecule has 8 heteroatoms. The third-order valence-electron chi connectivity index (χ3n) is 4.07. The Labute approximate surface area is 162 Å². The SMILES string of the molecule is COc1ccc(-c2nc(C)c(C(=O)NCCCn3ccnc3)s2)cc1OC. The molecule has 0 saturated heterocycles. The molecule has 1 N–H and O–H groups in total. The predicted molar refractivity (Wildman–Crippen MR) is 105 cm³/mol. The number of nitrogens with one attached hydrogen (secondary N) is 1. The molecule has 1 aromatic carbocycles. The predicted octanol–water partition coefficient (Wildman–Crippen LogP) is 3.15. The lowest BCUT2D eigenvalue weighted by Gasteiger charge is -2.08. The van der Waals surface area contributed by atoms with E-state index in [9.17, 15) is 4.79 Å². The fourth-order valence-corrected chi connectivity index (χ4v) is 3.64. The van der Waals surface area contributed by atoms with Gasteiger partial charge in [0.05, 0.1) is 26.2 Å². The lowest BCUT2D eigenvalue weighted by molar-refractivity contribution is 0.0956. The maximum atomic E-state index is 12.5. The molecule has 2 aromatic heterocycles. The number of aromatic nitrogens is 3. The number of ether oxygens (including phenoxy) is 2. The van der Waals surface area contributed by atoms with E-state index in [2.05, 4.69) is 15.3 Å². The van der Waals surface area contributed by atoms with Gasteiger partial charge in [-0.1, -0.05) is 0 Å². The summed E-state index contributed by atoms with van der Waals surface area (Å²) in [5, 5.41) is 3.74. The van der Waals surface area contributed by atoms with Crippen molar-refractivity contribution in [3.63, 3.8) is 0 Å². The van der Waals surface area contributed by atoms with Gasteiger partial charge in [-0.15, -0.1) is 11.3 Å². The van der Waals surface area contributed by atoms with Crippen LogP contribution in [0.3, 0.4) is 0 Å². The Kier molecular flexibility index (Phi) is 6.08. The molecule has 27 heavy (non-hydrogen) atoms. The standard InChI is InChI=1S/C19H22N4O3S/c1-13-17(18(24)21-7-4-9-23-10-8-20-12-23)27-19(22-13)14-5-6-15(25-2)16(11-14)26-3/h5-6,8,10-12H,4,7,9H2,1-3H3,(H,21,24). The minimum Gasteiger partial charge on any atom is -0.493 e. The molecular formula is C19H22N4O3S. The first-order valence-corrected chi connectivity index (χ1v) is 9.37. The Morgan fingerprint density at radius 1 is 1.26 bits per heavy atom. The molecule has 1 amide bonds. The van der Waals surface area contributed by atoms with Gasteiger partial charge in [0.2, 0.25) is 0 Å². The fraction of sp³-hybridized carbons (Fsp3) is 0.316. The second kappa shape index (κ2) is 8.68. The van der Waals surface area contributed by atoms with E-state index in [-0.39, 0.29) is 5.91 Å². The highest BCUT2D eigenvalue weighted by molar-refractivity contribution is 7.17. The molecule has 2 heterocycles. The summed E-state index contributed by atoms with van der Waals surface area (Å²) in [5.74, 6) is 1.20. The Morgan fingerprint density at radius 2 is 2.07 bits per heavy atom. The zero-order valence-electron chi connectivity index (χ0n) is 15.6. The quantitative estimate of drug-likeness (QED) is 0.602. The van der Waals surface area contributed by atoms with Crippen molar-refractivity contribution < 1.29 is 14.3 Å². The van der Waals surface area contributed by atoms with E-state index in [1.165, 1.54) is 11.3 Å². The monoisotopic (exact) mass is 386 g/mol. The summed E-state index contributed by atoms with van der Waals surface area (Å²) in [6.07, 6.45) is 6.26. The van der Waals surface area contributed by atoms with Crippen LogP contribution in [0.1, 0.15) is 21.8 Å². The van der Waals surface area contributed by atoms with Gasteiger partial charge in [-0.25, -0.2) is 9.97 Å². The highest BCUT2D eigenvalue weighted by atomic mass is 32.1. The normalized spacial score (nSPS) is 10.6. The number of imidazole rings is 1. The maximum absolute atomic E-state index is 12.5. The molecule has 0 saturated carbocycles. The molecule has 0 atom stereocenters. The molecule has 3 rings (SSSR count). The number of nitrogens with zero attached hydrogens (tertiary/aromatic N) is 3. The minimum atomic E-state index is -0.0950. The summed E-state index contributed by atoms with van der Waals surface area (Å²) in [7, 11) is 3.19. The lowest BCUT2D eigenvalue weighted by atomic mass is 10.2. The van der Waals surface area contributed by atoms with Gasteiger partial charge in [0.25, 0.3) is 5.91 Å². The van der Waals surface area contributed by atoms with E-state index >= 15 is 0 Å². The number of carbonyl (C=O) groups is 1. The number of benzene rings is 1. The molecular weight excluding hydrogens is 364 g/mol. The van der Waals surface area contributed by atoms with Gasteiger partial charge >= 0.3 is 0 Å². The van der Waals surface area contributed by atoms with Crippen molar-refractivity contribution in [1.29, 1.82) is 0 Å². The Balaban J connectivity index is 1.65. The molecule has 0 fully saturated rings. The van der Waals surface area contributed by atoms with Crippen LogP contribution in [-0.4, -0.2) is 41.2 Å². The molecule has 0 bridgehead atoms. The van der Waals surface area contributed by atoms with Crippen LogP contribution in [0.15, 0.2) is 36.9 Å². The first kappa shape index (κ1) is 18.9. The number of thiazole rings is 1. The molecule has 0 aliphatic heterocycles. The maximum Gasteiger partial charge on any atom is 0.263 e. The second-order valence-corrected chi connectivity index (χ2v) is 6.91. The number of carbonyl (C=O) groups excluding carboxylic acids is 1. The lowest BCUT2D eigenvalue weighted by Crippen LogP contribution is -2.25. The van der Waals surface area contributed by atoms with E-state index < -0.39 is 0 Å². The Bertz CT molecular complexity index is 906. The average molecular weight is 386 g/mol. The van der Waals surface area contributed by atoms with Crippen LogP contribution in [0, 0.1) is 6.92 Å². The molecule has 142 valence electrons. The number of hydrogen-bond acceptors (Lipinski definition) is 6. The van der Waals surface area contributed by atoms with Crippen LogP contribution in [0.4, 0.5) is 0 Å². The molecule has 3 aromatic rings. The van der Waals surface area contributed by atoms with Gasteiger partial charge in [-0.05, 0) is 31.5 Å². The summed E-state index contributed by atoms with van der Waals surface area (Å²) in [6.45, 7) is 3.26. The largest absolute Gasteiger partial charge is 0.493 e. The van der Waals surface area contributed by atoms with E-state index in [1.807, 2.05) is 35.9 Å². The first-order valence-electron chi connectivity index (χ1n) is 8.56. The molecule has 0 aliphatic rings. The minimum absolute atomic E-state index is 0.0950. The van der Waals surface area contributed by atoms with Crippen LogP contribution in [0.25, 0.3) is 10.6 Å². The van der Waals surface area contributed by atoms with Crippen LogP contribution < -0.4 is 14.8 Å². The van der Waals surface area contributed by atoms with E-state index in [0.29, 0.717) is 22.9 Å². The van der Waals surface area contributed by atoms with E-state index in [4.69, 9.17) is 9.47 Å². The fourth-order valence-electron chi connectivity index (χ4n) is 2.66. The molecule has 0 radical (unpaired) electrons. The topological polar surface area (TPSA) is 78.3 Å². The van der Waals surface area contributed by atoms with Crippen molar-refractivity contribution in [3.05, 3.63) is 47.5 Å². The highest BCUT2D eigenvalue weighted by Gasteiger charge is 2.17. The number of methoxy groups -OCH3 is 2. The molecule has 0 unspecified atom stereocenters. The summed E-state index contributed by atoms with van der Waals surface area (Å²) in [6, 6.07) is 5.61. The zero-order valence-corrected chi connectivity index (χ0v) is 16.4. The number of aryl methyl sites for hydroxylation is 2. The average Bonchev–Trinajstić information content (AvgIpc) is 3.34.